The van der Waals surface area contributed by atoms with E-state index in [4.69, 9.17) is 4.74 Å². The van der Waals surface area contributed by atoms with Crippen molar-refractivity contribution in [3.8, 4) is 5.69 Å². The lowest BCUT2D eigenvalue weighted by atomic mass is 10.2. The average molecular weight is 488 g/mol. The first kappa shape index (κ1) is 20.9. The van der Waals surface area contributed by atoms with Crippen molar-refractivity contribution in [2.45, 2.75) is 12.1 Å². The van der Waals surface area contributed by atoms with Gasteiger partial charge < -0.3 is 15.0 Å². The van der Waals surface area contributed by atoms with E-state index in [0.29, 0.717) is 18.4 Å². The molecule has 1 aromatic heterocycles. The summed E-state index contributed by atoms with van der Waals surface area (Å²) < 4.78 is 8.46. The lowest BCUT2D eigenvalue weighted by molar-refractivity contribution is -0.113. The zero-order chi connectivity index (χ0) is 20.9. The van der Waals surface area contributed by atoms with E-state index in [0.717, 1.165) is 34.9 Å². The van der Waals surface area contributed by atoms with Crippen LogP contribution in [-0.4, -0.2) is 52.7 Å². The van der Waals surface area contributed by atoms with Crippen LogP contribution in [0.1, 0.15) is 5.56 Å². The molecule has 4 rings (SSSR count). The molecule has 30 heavy (non-hydrogen) atoms. The number of benzene rings is 2. The third-order valence-electron chi connectivity index (χ3n) is 4.66. The molecule has 0 bridgehead atoms. The third kappa shape index (κ3) is 5.03. The minimum Gasteiger partial charge on any atom is -0.378 e. The lowest BCUT2D eigenvalue weighted by Gasteiger charge is -2.27. The number of carbonyl (C=O) groups is 1. The molecule has 1 fully saturated rings. The average Bonchev–Trinajstić information content (AvgIpc) is 3.19. The van der Waals surface area contributed by atoms with E-state index in [9.17, 15) is 4.79 Å². The second-order valence-corrected chi connectivity index (χ2v) is 8.75. The molecule has 1 amide bonds. The van der Waals surface area contributed by atoms with Crippen molar-refractivity contribution in [1.82, 2.24) is 14.8 Å². The smallest absolute Gasteiger partial charge is 0.234 e. The molecule has 0 radical (unpaired) electrons. The molecule has 0 aliphatic carbocycles. The number of amides is 1. The van der Waals surface area contributed by atoms with E-state index in [1.807, 2.05) is 28.8 Å². The van der Waals surface area contributed by atoms with E-state index in [2.05, 4.69) is 67.5 Å². The topological polar surface area (TPSA) is 72.3 Å². The Bertz CT molecular complexity index is 1000. The SMILES string of the molecule is Cc1ccc(-n2c(SCC(=O)Nc3ccc(Br)cc3)nnc2N2CCOCC2)cc1. The Morgan fingerprint density at radius 1 is 1.10 bits per heavy atom. The molecule has 1 aliphatic rings. The van der Waals surface area contributed by atoms with Crippen LogP contribution in [0.2, 0.25) is 0 Å². The van der Waals surface area contributed by atoms with Crippen LogP contribution in [0.3, 0.4) is 0 Å². The van der Waals surface area contributed by atoms with Gasteiger partial charge in [0.05, 0.1) is 24.7 Å². The van der Waals surface area contributed by atoms with Crippen molar-refractivity contribution >= 4 is 45.2 Å². The van der Waals surface area contributed by atoms with Gasteiger partial charge >= 0.3 is 0 Å². The number of morpholine rings is 1. The largest absolute Gasteiger partial charge is 0.378 e. The van der Waals surface area contributed by atoms with Gasteiger partial charge in [0.15, 0.2) is 5.16 Å². The van der Waals surface area contributed by atoms with E-state index < -0.39 is 0 Å². The summed E-state index contributed by atoms with van der Waals surface area (Å²) in [6.07, 6.45) is 0. The lowest BCUT2D eigenvalue weighted by Crippen LogP contribution is -2.37. The molecule has 0 unspecified atom stereocenters. The maximum Gasteiger partial charge on any atom is 0.234 e. The summed E-state index contributed by atoms with van der Waals surface area (Å²) in [7, 11) is 0. The maximum absolute atomic E-state index is 12.4. The van der Waals surface area contributed by atoms with Gasteiger partial charge in [-0.2, -0.15) is 0 Å². The normalized spacial score (nSPS) is 14.0. The quantitative estimate of drug-likeness (QED) is 0.531. The van der Waals surface area contributed by atoms with Crippen molar-refractivity contribution in [3.63, 3.8) is 0 Å². The second-order valence-electron chi connectivity index (χ2n) is 6.90. The number of anilines is 2. The Morgan fingerprint density at radius 2 is 1.80 bits per heavy atom. The summed E-state index contributed by atoms with van der Waals surface area (Å²) in [5, 5.41) is 12.4. The van der Waals surface area contributed by atoms with Crippen LogP contribution in [0.25, 0.3) is 5.69 Å². The van der Waals surface area contributed by atoms with E-state index in [1.54, 1.807) is 0 Å². The molecule has 2 heterocycles. The van der Waals surface area contributed by atoms with E-state index >= 15 is 0 Å². The number of nitrogens with one attached hydrogen (secondary N) is 1. The first-order valence-electron chi connectivity index (χ1n) is 9.63. The zero-order valence-electron chi connectivity index (χ0n) is 16.5. The van der Waals surface area contributed by atoms with Gasteiger partial charge in [-0.15, -0.1) is 10.2 Å². The first-order valence-corrected chi connectivity index (χ1v) is 11.4. The maximum atomic E-state index is 12.4. The third-order valence-corrected chi connectivity index (χ3v) is 6.12. The molecule has 2 aromatic carbocycles. The van der Waals surface area contributed by atoms with E-state index in [1.165, 1.54) is 17.3 Å². The molecule has 0 spiro atoms. The Balaban J connectivity index is 1.53. The highest BCUT2D eigenvalue weighted by atomic mass is 79.9. The number of halogens is 1. The molecule has 0 saturated carbocycles. The Kier molecular flexibility index (Phi) is 6.71. The number of nitrogens with zero attached hydrogens (tertiary/aromatic N) is 4. The summed E-state index contributed by atoms with van der Waals surface area (Å²) in [5.74, 6) is 0.926. The summed E-state index contributed by atoms with van der Waals surface area (Å²) in [6.45, 7) is 4.91. The second kappa shape index (κ2) is 9.63. The molecular weight excluding hydrogens is 466 g/mol. The molecule has 1 aliphatic heterocycles. The fraction of sp³-hybridized carbons (Fsp3) is 0.286. The van der Waals surface area contributed by atoms with Crippen LogP contribution < -0.4 is 10.2 Å². The molecule has 9 heteroatoms. The first-order chi connectivity index (χ1) is 14.6. The van der Waals surface area contributed by atoms with Crippen molar-refractivity contribution in [1.29, 1.82) is 0 Å². The molecule has 0 atom stereocenters. The number of ether oxygens (including phenoxy) is 1. The molecule has 3 aromatic rings. The zero-order valence-corrected chi connectivity index (χ0v) is 18.9. The predicted molar refractivity (Wildman–Crippen MR) is 123 cm³/mol. The highest BCUT2D eigenvalue weighted by Gasteiger charge is 2.22. The summed E-state index contributed by atoms with van der Waals surface area (Å²) in [6, 6.07) is 15.7. The fourth-order valence-electron chi connectivity index (χ4n) is 3.10. The Hall–Kier alpha value is -2.36. The van der Waals surface area contributed by atoms with Crippen LogP contribution in [0.5, 0.6) is 0 Å². The van der Waals surface area contributed by atoms with Crippen LogP contribution in [-0.2, 0) is 9.53 Å². The molecule has 1 saturated heterocycles. The van der Waals surface area contributed by atoms with Crippen molar-refractivity contribution in [2.75, 3.05) is 42.3 Å². The van der Waals surface area contributed by atoms with Crippen LogP contribution >= 0.6 is 27.7 Å². The van der Waals surface area contributed by atoms with Crippen molar-refractivity contribution < 1.29 is 9.53 Å². The van der Waals surface area contributed by atoms with Crippen LogP contribution in [0.4, 0.5) is 11.6 Å². The van der Waals surface area contributed by atoms with Gasteiger partial charge in [0.1, 0.15) is 0 Å². The predicted octanol–water partition coefficient (Wildman–Crippen LogP) is 3.91. The van der Waals surface area contributed by atoms with Crippen LogP contribution in [0, 0.1) is 6.92 Å². The number of carbonyl (C=O) groups excluding carboxylic acids is 1. The van der Waals surface area contributed by atoms with Crippen molar-refractivity contribution in [3.05, 3.63) is 58.6 Å². The van der Waals surface area contributed by atoms with Gasteiger partial charge in [-0.05, 0) is 43.3 Å². The summed E-state index contributed by atoms with van der Waals surface area (Å²) in [4.78, 5) is 14.6. The number of rotatable bonds is 6. The molecular formula is C21H22BrN5O2S. The van der Waals surface area contributed by atoms with Gasteiger partial charge in [-0.1, -0.05) is 45.4 Å². The van der Waals surface area contributed by atoms with Gasteiger partial charge in [0.25, 0.3) is 0 Å². The summed E-state index contributed by atoms with van der Waals surface area (Å²) in [5.41, 5.74) is 2.92. The molecule has 156 valence electrons. The minimum atomic E-state index is -0.0892. The monoisotopic (exact) mass is 487 g/mol. The molecule has 1 N–H and O–H groups in total. The number of hydrogen-bond donors (Lipinski definition) is 1. The number of aromatic nitrogens is 3. The highest BCUT2D eigenvalue weighted by Crippen LogP contribution is 2.27. The number of thioether (sulfide) groups is 1. The Labute approximate surface area is 187 Å². The Morgan fingerprint density at radius 3 is 2.50 bits per heavy atom. The highest BCUT2D eigenvalue weighted by molar-refractivity contribution is 9.10. The van der Waals surface area contributed by atoms with E-state index in [-0.39, 0.29) is 11.7 Å². The summed E-state index contributed by atoms with van der Waals surface area (Å²) >= 11 is 4.77. The number of aryl methyl sites for hydroxylation is 1. The van der Waals surface area contributed by atoms with Gasteiger partial charge in [0.2, 0.25) is 11.9 Å². The van der Waals surface area contributed by atoms with Gasteiger partial charge in [-0.25, -0.2) is 0 Å². The fourth-order valence-corrected chi connectivity index (χ4v) is 4.12. The van der Waals surface area contributed by atoms with Crippen molar-refractivity contribution in [2.24, 2.45) is 0 Å². The standard InChI is InChI=1S/C21H22BrN5O2S/c1-15-2-8-18(9-3-15)27-20(26-10-12-29-13-11-26)24-25-21(27)30-14-19(28)23-17-6-4-16(22)5-7-17/h2-9H,10-14H2,1H3,(H,23,28). The number of hydrogen-bond acceptors (Lipinski definition) is 6. The molecule has 7 nitrogen and oxygen atoms in total. The van der Waals surface area contributed by atoms with Gasteiger partial charge in [-0.3, -0.25) is 9.36 Å². The van der Waals surface area contributed by atoms with Gasteiger partial charge in [0, 0.05) is 23.2 Å². The van der Waals surface area contributed by atoms with Crippen LogP contribution in [0.15, 0.2) is 58.2 Å². The minimum absolute atomic E-state index is 0.0892.